The van der Waals surface area contributed by atoms with Gasteiger partial charge in [-0.25, -0.2) is 0 Å². The topological polar surface area (TPSA) is 52.6 Å². The predicted molar refractivity (Wildman–Crippen MR) is 99.2 cm³/mol. The summed E-state index contributed by atoms with van der Waals surface area (Å²) in [5.74, 6) is -0.730. The summed E-state index contributed by atoms with van der Waals surface area (Å²) in [6.45, 7) is 0. The first-order valence-electron chi connectivity index (χ1n) is 6.15. The molecule has 0 spiro atoms. The maximum absolute atomic E-state index is 11.6. The average Bonchev–Trinajstić information content (AvgIpc) is 2.57. The number of ether oxygens (including phenoxy) is 2. The Bertz CT molecular complexity index is 494. The Hall–Kier alpha value is 0.0800. The van der Waals surface area contributed by atoms with Crippen molar-refractivity contribution in [2.24, 2.45) is 0 Å². The molecule has 22 heavy (non-hydrogen) atoms. The fraction of sp³-hybridized carbons (Fsp3) is 0.429. The lowest BCUT2D eigenvalue weighted by Gasteiger charge is -2.19. The lowest BCUT2D eigenvalue weighted by molar-refractivity contribution is -0.140. The molecule has 4 nitrogen and oxygen atoms in total. The Morgan fingerprint density at radius 2 is 1.23 bits per heavy atom. The highest BCUT2D eigenvalue weighted by molar-refractivity contribution is 9.12. The van der Waals surface area contributed by atoms with E-state index in [-0.39, 0.29) is 21.6 Å². The molecule has 122 valence electrons. The number of carbonyl (C=O) groups is 2. The zero-order chi connectivity index (χ0) is 16.9. The zero-order valence-corrected chi connectivity index (χ0v) is 18.1. The molecule has 4 unspecified atom stereocenters. The highest BCUT2D eigenvalue weighted by Gasteiger charge is 2.29. The minimum absolute atomic E-state index is 0.258. The molecule has 8 heteroatoms. The van der Waals surface area contributed by atoms with Gasteiger partial charge in [0.05, 0.1) is 23.9 Å². The van der Waals surface area contributed by atoms with Crippen LogP contribution >= 0.6 is 63.7 Å². The van der Waals surface area contributed by atoms with Crippen molar-refractivity contribution >= 4 is 75.7 Å². The largest absolute Gasteiger partial charge is 0.468 e. The van der Waals surface area contributed by atoms with Crippen molar-refractivity contribution in [1.82, 2.24) is 0 Å². The normalized spacial score (nSPS) is 16.3. The van der Waals surface area contributed by atoms with Crippen molar-refractivity contribution in [1.29, 1.82) is 0 Å². The minimum atomic E-state index is -0.512. The molecule has 0 radical (unpaired) electrons. The van der Waals surface area contributed by atoms with Crippen LogP contribution in [0, 0.1) is 0 Å². The van der Waals surface area contributed by atoms with Crippen LogP contribution in [0.15, 0.2) is 24.3 Å². The van der Waals surface area contributed by atoms with Gasteiger partial charge in [0.15, 0.2) is 0 Å². The highest BCUT2D eigenvalue weighted by Crippen LogP contribution is 2.36. The highest BCUT2D eigenvalue weighted by atomic mass is 79.9. The number of carbonyl (C=O) groups excluding carboxylic acids is 2. The second-order valence-corrected chi connectivity index (χ2v) is 8.27. The Kier molecular flexibility index (Phi) is 8.59. The molecule has 0 fully saturated rings. The van der Waals surface area contributed by atoms with E-state index in [1.165, 1.54) is 14.2 Å². The number of esters is 2. The van der Waals surface area contributed by atoms with E-state index in [1.807, 2.05) is 24.3 Å². The molecule has 4 atom stereocenters. The van der Waals surface area contributed by atoms with Crippen LogP contribution in [0.25, 0.3) is 0 Å². The SMILES string of the molecule is COC(=O)C(Br)C(Br)c1cccc(C(Br)C(Br)C(=O)OC)c1. The van der Waals surface area contributed by atoms with Gasteiger partial charge >= 0.3 is 11.9 Å². The van der Waals surface area contributed by atoms with E-state index in [2.05, 4.69) is 63.7 Å². The van der Waals surface area contributed by atoms with Crippen molar-refractivity contribution in [2.45, 2.75) is 19.3 Å². The third-order valence-electron chi connectivity index (χ3n) is 2.91. The lowest BCUT2D eigenvalue weighted by atomic mass is 10.0. The molecule has 0 aliphatic rings. The van der Waals surface area contributed by atoms with Crippen molar-refractivity contribution in [3.05, 3.63) is 35.4 Å². The minimum Gasteiger partial charge on any atom is -0.468 e. The zero-order valence-electron chi connectivity index (χ0n) is 11.8. The van der Waals surface area contributed by atoms with Gasteiger partial charge in [-0.15, -0.1) is 0 Å². The van der Waals surface area contributed by atoms with E-state index in [0.29, 0.717) is 0 Å². The van der Waals surface area contributed by atoms with Crippen LogP contribution in [0.5, 0.6) is 0 Å². The summed E-state index contributed by atoms with van der Waals surface area (Å²) < 4.78 is 9.45. The van der Waals surface area contributed by atoms with Crippen LogP contribution in [0.3, 0.4) is 0 Å². The summed E-state index contributed by atoms with van der Waals surface area (Å²) >= 11 is 13.6. The van der Waals surface area contributed by atoms with Crippen molar-refractivity contribution < 1.29 is 19.1 Å². The summed E-state index contributed by atoms with van der Waals surface area (Å²) in [6, 6.07) is 7.55. The first-order valence-corrected chi connectivity index (χ1v) is 9.81. The molecule has 1 aromatic rings. The van der Waals surface area contributed by atoms with Crippen LogP contribution in [0.2, 0.25) is 0 Å². The summed E-state index contributed by atoms with van der Waals surface area (Å²) in [6.07, 6.45) is 0. The molecule has 0 saturated carbocycles. The fourth-order valence-electron chi connectivity index (χ4n) is 1.70. The third-order valence-corrected chi connectivity index (χ3v) is 8.25. The first kappa shape index (κ1) is 20.1. The number of hydrogen-bond donors (Lipinski definition) is 0. The Labute approximate surface area is 162 Å². The lowest BCUT2D eigenvalue weighted by Crippen LogP contribution is -2.21. The van der Waals surface area contributed by atoms with Gasteiger partial charge in [-0.2, -0.15) is 0 Å². The maximum atomic E-state index is 11.6. The second-order valence-electron chi connectivity index (χ2n) is 4.32. The summed E-state index contributed by atoms with van der Waals surface area (Å²) in [5, 5.41) is 0. The van der Waals surface area contributed by atoms with Crippen LogP contribution in [-0.2, 0) is 19.1 Å². The Balaban J connectivity index is 2.99. The van der Waals surface area contributed by atoms with Gasteiger partial charge in [0, 0.05) is 0 Å². The maximum Gasteiger partial charge on any atom is 0.320 e. The molecule has 0 bridgehead atoms. The van der Waals surface area contributed by atoms with Gasteiger partial charge in [0.2, 0.25) is 0 Å². The summed E-state index contributed by atoms with van der Waals surface area (Å²) in [4.78, 5) is 21.7. The molecule has 0 saturated heterocycles. The molecule has 0 aliphatic carbocycles. The molecular formula is C14H14Br4O4. The van der Waals surface area contributed by atoms with Crippen LogP contribution in [0.1, 0.15) is 20.8 Å². The van der Waals surface area contributed by atoms with Gasteiger partial charge in [-0.1, -0.05) is 88.0 Å². The molecule has 1 aromatic carbocycles. The fourth-order valence-corrected chi connectivity index (χ4v) is 3.69. The monoisotopic (exact) mass is 562 g/mol. The van der Waals surface area contributed by atoms with Gasteiger partial charge in [-0.05, 0) is 11.1 Å². The second kappa shape index (κ2) is 9.39. The molecule has 0 amide bonds. The summed E-state index contributed by atoms with van der Waals surface area (Å²) in [5.41, 5.74) is 1.78. The number of benzene rings is 1. The molecule has 0 aliphatic heterocycles. The van der Waals surface area contributed by atoms with Crippen molar-refractivity contribution in [2.75, 3.05) is 14.2 Å². The number of rotatable bonds is 6. The van der Waals surface area contributed by atoms with Crippen LogP contribution in [0.4, 0.5) is 0 Å². The Morgan fingerprint density at radius 3 is 1.55 bits per heavy atom. The van der Waals surface area contributed by atoms with Crippen molar-refractivity contribution in [3.63, 3.8) is 0 Å². The predicted octanol–water partition coefficient (Wildman–Crippen LogP) is 4.43. The van der Waals surface area contributed by atoms with Gasteiger partial charge in [0.25, 0.3) is 0 Å². The number of halogens is 4. The van der Waals surface area contributed by atoms with Gasteiger partial charge < -0.3 is 9.47 Å². The number of alkyl halides is 4. The van der Waals surface area contributed by atoms with E-state index >= 15 is 0 Å². The molecule has 0 aromatic heterocycles. The van der Waals surface area contributed by atoms with Gasteiger partial charge in [-0.3, -0.25) is 9.59 Å². The molecule has 0 heterocycles. The standard InChI is InChI=1S/C14H14Br4O4/c1-21-13(19)11(17)9(15)7-4-3-5-8(6-7)10(16)12(18)14(20)22-2/h3-6,9-12H,1-2H3. The molecular weight excluding hydrogens is 552 g/mol. The quantitative estimate of drug-likeness (QED) is 0.378. The van der Waals surface area contributed by atoms with E-state index in [0.717, 1.165) is 11.1 Å². The molecule has 1 rings (SSSR count). The van der Waals surface area contributed by atoms with E-state index in [9.17, 15) is 9.59 Å². The number of hydrogen-bond acceptors (Lipinski definition) is 4. The van der Waals surface area contributed by atoms with E-state index in [4.69, 9.17) is 9.47 Å². The Morgan fingerprint density at radius 1 is 0.864 bits per heavy atom. The van der Waals surface area contributed by atoms with Crippen LogP contribution < -0.4 is 0 Å². The summed E-state index contributed by atoms with van der Waals surface area (Å²) in [7, 11) is 2.68. The average molecular weight is 566 g/mol. The molecule has 0 N–H and O–H groups in total. The van der Waals surface area contributed by atoms with Crippen molar-refractivity contribution in [3.8, 4) is 0 Å². The van der Waals surface area contributed by atoms with E-state index in [1.54, 1.807) is 0 Å². The van der Waals surface area contributed by atoms with Crippen LogP contribution in [-0.4, -0.2) is 35.8 Å². The number of methoxy groups -OCH3 is 2. The smallest absolute Gasteiger partial charge is 0.320 e. The third kappa shape index (κ3) is 5.04. The van der Waals surface area contributed by atoms with Gasteiger partial charge in [0.1, 0.15) is 9.65 Å². The first-order chi connectivity index (χ1) is 10.3. The van der Waals surface area contributed by atoms with E-state index < -0.39 is 9.65 Å².